The van der Waals surface area contributed by atoms with Gasteiger partial charge in [0.1, 0.15) is 0 Å². The fraction of sp³-hybridized carbons (Fsp3) is 0.917. The van der Waals surface area contributed by atoms with E-state index in [4.69, 9.17) is 9.47 Å². The first-order chi connectivity index (χ1) is 7.77. The molecule has 1 amide bonds. The monoisotopic (exact) mass is 244 g/mol. The predicted octanol–water partition coefficient (Wildman–Crippen LogP) is 0.500. The summed E-state index contributed by atoms with van der Waals surface area (Å²) in [5.41, 5.74) is -0.429. The van der Waals surface area contributed by atoms with Gasteiger partial charge in [-0.25, -0.2) is 0 Å². The van der Waals surface area contributed by atoms with Crippen LogP contribution in [0.5, 0.6) is 0 Å². The van der Waals surface area contributed by atoms with Gasteiger partial charge in [-0.05, 0) is 27.7 Å². The number of rotatable bonds is 4. The molecule has 0 saturated carbocycles. The number of nitrogens with one attached hydrogen (secondary N) is 2. The van der Waals surface area contributed by atoms with E-state index >= 15 is 0 Å². The molecule has 17 heavy (non-hydrogen) atoms. The quantitative estimate of drug-likeness (QED) is 0.756. The molecule has 2 N–H and O–H groups in total. The van der Waals surface area contributed by atoms with Crippen molar-refractivity contribution in [3.05, 3.63) is 0 Å². The van der Waals surface area contributed by atoms with E-state index in [2.05, 4.69) is 10.6 Å². The van der Waals surface area contributed by atoms with Crippen LogP contribution in [0.2, 0.25) is 0 Å². The number of hydrogen-bond acceptors (Lipinski definition) is 4. The Bertz CT molecular complexity index is 267. The van der Waals surface area contributed by atoms with E-state index in [-0.39, 0.29) is 11.9 Å². The summed E-state index contributed by atoms with van der Waals surface area (Å²) < 4.78 is 11.1. The Hall–Kier alpha value is -0.650. The Labute approximate surface area is 103 Å². The molecule has 0 aliphatic carbocycles. The fourth-order valence-corrected chi connectivity index (χ4v) is 1.63. The minimum Gasteiger partial charge on any atom is -0.359 e. The number of carbonyl (C=O) groups excluding carboxylic acids is 1. The zero-order chi connectivity index (χ0) is 13.1. The van der Waals surface area contributed by atoms with Crippen LogP contribution in [0.25, 0.3) is 0 Å². The second kappa shape index (κ2) is 5.33. The Morgan fingerprint density at radius 3 is 2.35 bits per heavy atom. The highest BCUT2D eigenvalue weighted by molar-refractivity contribution is 5.81. The zero-order valence-electron chi connectivity index (χ0n) is 11.4. The first kappa shape index (κ1) is 14.4. The molecular formula is C12H24N2O3. The molecular weight excluding hydrogens is 220 g/mol. The van der Waals surface area contributed by atoms with Crippen LogP contribution in [-0.4, -0.2) is 44.5 Å². The number of hydrogen-bond donors (Lipinski definition) is 2. The molecule has 5 nitrogen and oxygen atoms in total. The fourth-order valence-electron chi connectivity index (χ4n) is 1.63. The van der Waals surface area contributed by atoms with Crippen LogP contribution in [0.15, 0.2) is 0 Å². The summed E-state index contributed by atoms with van der Waals surface area (Å²) in [6, 6.07) is 0.145. The summed E-state index contributed by atoms with van der Waals surface area (Å²) in [6.45, 7) is 9.44. The third kappa shape index (κ3) is 4.26. The van der Waals surface area contributed by atoms with E-state index in [0.29, 0.717) is 19.8 Å². The van der Waals surface area contributed by atoms with Crippen molar-refractivity contribution in [3.8, 4) is 0 Å². The summed E-state index contributed by atoms with van der Waals surface area (Å²) in [4.78, 5) is 11.6. The van der Waals surface area contributed by atoms with E-state index < -0.39 is 11.2 Å². The van der Waals surface area contributed by atoms with Crippen molar-refractivity contribution in [2.45, 2.75) is 39.5 Å². The molecule has 5 heteroatoms. The smallest absolute Gasteiger partial charge is 0.226 e. The van der Waals surface area contributed by atoms with Crippen molar-refractivity contribution in [2.75, 3.05) is 26.8 Å². The first-order valence-electron chi connectivity index (χ1n) is 6.00. The molecule has 0 unspecified atom stereocenters. The molecule has 1 aliphatic rings. The van der Waals surface area contributed by atoms with E-state index in [1.807, 2.05) is 27.7 Å². The number of amides is 1. The van der Waals surface area contributed by atoms with Crippen LogP contribution in [-0.2, 0) is 14.3 Å². The lowest BCUT2D eigenvalue weighted by Gasteiger charge is -2.36. The van der Waals surface area contributed by atoms with Gasteiger partial charge in [0.2, 0.25) is 5.91 Å². The largest absolute Gasteiger partial charge is 0.359 e. The van der Waals surface area contributed by atoms with Crippen molar-refractivity contribution in [2.24, 2.45) is 5.41 Å². The van der Waals surface area contributed by atoms with Gasteiger partial charge in [-0.3, -0.25) is 4.79 Å². The van der Waals surface area contributed by atoms with Crippen molar-refractivity contribution in [1.82, 2.24) is 10.6 Å². The molecule has 1 saturated heterocycles. The molecule has 1 rings (SSSR count). The SMILES string of the molecule is CNC(=O)C(C)(C)CNC1COC(C)(C)OC1. The topological polar surface area (TPSA) is 59.6 Å². The average molecular weight is 244 g/mol. The molecule has 100 valence electrons. The lowest BCUT2D eigenvalue weighted by Crippen LogP contribution is -2.52. The minimum atomic E-state index is -0.492. The maximum absolute atomic E-state index is 11.6. The van der Waals surface area contributed by atoms with Gasteiger partial charge in [-0.1, -0.05) is 0 Å². The summed E-state index contributed by atoms with van der Waals surface area (Å²) in [5.74, 6) is -0.461. The zero-order valence-corrected chi connectivity index (χ0v) is 11.4. The highest BCUT2D eigenvalue weighted by Crippen LogP contribution is 2.18. The second-order valence-corrected chi connectivity index (χ2v) is 5.56. The summed E-state index contributed by atoms with van der Waals surface area (Å²) in [5, 5.41) is 5.97. The van der Waals surface area contributed by atoms with Gasteiger partial charge < -0.3 is 20.1 Å². The van der Waals surface area contributed by atoms with Crippen molar-refractivity contribution < 1.29 is 14.3 Å². The van der Waals surface area contributed by atoms with Crippen molar-refractivity contribution >= 4 is 5.91 Å². The third-order valence-corrected chi connectivity index (χ3v) is 2.94. The molecule has 0 bridgehead atoms. The van der Waals surface area contributed by atoms with Crippen LogP contribution in [0.3, 0.4) is 0 Å². The Kier molecular flexibility index (Phi) is 4.52. The normalized spacial score (nSPS) is 21.2. The maximum Gasteiger partial charge on any atom is 0.226 e. The summed E-state index contributed by atoms with van der Waals surface area (Å²) in [7, 11) is 1.65. The average Bonchev–Trinajstić information content (AvgIpc) is 2.26. The predicted molar refractivity (Wildman–Crippen MR) is 65.6 cm³/mol. The second-order valence-electron chi connectivity index (χ2n) is 5.56. The Balaban J connectivity index is 2.35. The molecule has 1 aliphatic heterocycles. The summed E-state index contributed by atoms with van der Waals surface area (Å²) >= 11 is 0. The van der Waals surface area contributed by atoms with Gasteiger partial charge in [0.15, 0.2) is 5.79 Å². The molecule has 0 spiro atoms. The van der Waals surface area contributed by atoms with E-state index in [0.717, 1.165) is 0 Å². The molecule has 0 radical (unpaired) electrons. The van der Waals surface area contributed by atoms with E-state index in [1.54, 1.807) is 7.05 Å². The van der Waals surface area contributed by atoms with E-state index in [9.17, 15) is 4.79 Å². The van der Waals surface area contributed by atoms with Gasteiger partial charge in [-0.2, -0.15) is 0 Å². The van der Waals surface area contributed by atoms with Crippen LogP contribution in [0, 0.1) is 5.41 Å². The van der Waals surface area contributed by atoms with Gasteiger partial charge in [-0.15, -0.1) is 0 Å². The third-order valence-electron chi connectivity index (χ3n) is 2.94. The molecule has 0 aromatic heterocycles. The lowest BCUT2D eigenvalue weighted by molar-refractivity contribution is -0.253. The van der Waals surface area contributed by atoms with Gasteiger partial charge in [0, 0.05) is 13.6 Å². The van der Waals surface area contributed by atoms with Crippen molar-refractivity contribution in [1.29, 1.82) is 0 Å². The van der Waals surface area contributed by atoms with E-state index in [1.165, 1.54) is 0 Å². The molecule has 1 fully saturated rings. The Morgan fingerprint density at radius 1 is 1.35 bits per heavy atom. The highest BCUT2D eigenvalue weighted by Gasteiger charge is 2.31. The van der Waals surface area contributed by atoms with Gasteiger partial charge in [0.25, 0.3) is 0 Å². The molecule has 1 heterocycles. The lowest BCUT2D eigenvalue weighted by atomic mass is 9.92. The van der Waals surface area contributed by atoms with Crippen molar-refractivity contribution in [3.63, 3.8) is 0 Å². The van der Waals surface area contributed by atoms with Gasteiger partial charge >= 0.3 is 0 Å². The van der Waals surface area contributed by atoms with Crippen LogP contribution < -0.4 is 10.6 Å². The molecule has 0 aromatic rings. The maximum atomic E-state index is 11.6. The van der Waals surface area contributed by atoms with Crippen LogP contribution >= 0.6 is 0 Å². The summed E-state index contributed by atoms with van der Waals surface area (Å²) in [6.07, 6.45) is 0. The number of ether oxygens (including phenoxy) is 2. The minimum absolute atomic E-state index is 0.0305. The standard InChI is InChI=1S/C12H24N2O3/c1-11(2,10(15)13-5)8-14-9-6-16-12(3,4)17-7-9/h9,14H,6-8H2,1-5H3,(H,13,15). The first-order valence-corrected chi connectivity index (χ1v) is 6.00. The van der Waals surface area contributed by atoms with Gasteiger partial charge in [0.05, 0.1) is 24.7 Å². The molecule has 0 aromatic carbocycles. The Morgan fingerprint density at radius 2 is 1.88 bits per heavy atom. The van der Waals surface area contributed by atoms with Crippen LogP contribution in [0.1, 0.15) is 27.7 Å². The molecule has 0 atom stereocenters. The highest BCUT2D eigenvalue weighted by atomic mass is 16.7. The van der Waals surface area contributed by atoms with Crippen LogP contribution in [0.4, 0.5) is 0 Å². The number of carbonyl (C=O) groups is 1.